The minimum absolute atomic E-state index is 0.0806. The first-order chi connectivity index (χ1) is 13.7. The summed E-state index contributed by atoms with van der Waals surface area (Å²) in [5.74, 6) is 0.359. The first-order valence-electron chi connectivity index (χ1n) is 10.5. The third-order valence-electron chi connectivity index (χ3n) is 5.28. The largest absolute Gasteiger partial charge is 0.495 e. The monoisotopic (exact) mass is 383 g/mol. The molecular formula is C23H33N3O2. The van der Waals surface area contributed by atoms with E-state index in [9.17, 15) is 10.1 Å². The highest BCUT2D eigenvalue weighted by molar-refractivity contribution is 5.97. The number of anilines is 1. The van der Waals surface area contributed by atoms with E-state index in [2.05, 4.69) is 10.6 Å². The van der Waals surface area contributed by atoms with E-state index in [1.54, 1.807) is 7.11 Å². The summed E-state index contributed by atoms with van der Waals surface area (Å²) in [5.41, 5.74) is 0.800. The van der Waals surface area contributed by atoms with Gasteiger partial charge in [0.05, 0.1) is 12.8 Å². The van der Waals surface area contributed by atoms with Crippen LogP contribution in [0.5, 0.6) is 5.75 Å². The molecule has 0 heterocycles. The van der Waals surface area contributed by atoms with Crippen LogP contribution in [0.2, 0.25) is 0 Å². The van der Waals surface area contributed by atoms with Crippen molar-refractivity contribution in [2.75, 3.05) is 12.4 Å². The summed E-state index contributed by atoms with van der Waals surface area (Å²) in [6.45, 7) is 0. The molecule has 0 radical (unpaired) electrons. The molecule has 1 fully saturated rings. The van der Waals surface area contributed by atoms with Crippen LogP contribution in [0.4, 0.5) is 5.69 Å². The molecule has 152 valence electrons. The van der Waals surface area contributed by atoms with Crippen LogP contribution in [0.3, 0.4) is 0 Å². The van der Waals surface area contributed by atoms with Gasteiger partial charge in [0.1, 0.15) is 17.4 Å². The van der Waals surface area contributed by atoms with Crippen LogP contribution < -0.4 is 15.4 Å². The summed E-state index contributed by atoms with van der Waals surface area (Å²) in [5, 5.41) is 15.5. The number of benzene rings is 1. The molecule has 1 aliphatic carbocycles. The molecule has 0 aromatic heterocycles. The molecule has 5 nitrogen and oxygen atoms in total. The van der Waals surface area contributed by atoms with Crippen molar-refractivity contribution in [2.24, 2.45) is 0 Å². The summed E-state index contributed by atoms with van der Waals surface area (Å²) in [6, 6.07) is 9.57. The standard InChI is InChI=1S/C23H33N3O2/c1-28-22-16-12-11-15-21(22)25-18-19(17-24)23(27)26-20-13-9-7-5-3-2-4-6-8-10-14-20/h11-12,15-16,18,20,25H,2-10,13-14H2,1H3,(H,26,27)/b19-18-. The number of carbonyl (C=O) groups excluding carboxylic acids is 1. The van der Waals surface area contributed by atoms with Gasteiger partial charge >= 0.3 is 0 Å². The Hall–Kier alpha value is -2.48. The number of nitrogens with one attached hydrogen (secondary N) is 2. The first-order valence-corrected chi connectivity index (χ1v) is 10.5. The van der Waals surface area contributed by atoms with E-state index in [-0.39, 0.29) is 17.5 Å². The van der Waals surface area contributed by atoms with Gasteiger partial charge in [-0.1, -0.05) is 69.9 Å². The predicted octanol–water partition coefficient (Wildman–Crippen LogP) is 5.30. The smallest absolute Gasteiger partial charge is 0.263 e. The molecule has 0 spiro atoms. The van der Waals surface area contributed by atoms with E-state index in [0.29, 0.717) is 5.75 Å². The lowest BCUT2D eigenvalue weighted by Gasteiger charge is -2.19. The number of hydrogen-bond donors (Lipinski definition) is 2. The average molecular weight is 384 g/mol. The zero-order chi connectivity index (χ0) is 20.0. The van der Waals surface area contributed by atoms with Crippen molar-refractivity contribution in [3.8, 4) is 11.8 Å². The molecule has 0 unspecified atom stereocenters. The zero-order valence-electron chi connectivity index (χ0n) is 17.0. The highest BCUT2D eigenvalue weighted by Gasteiger charge is 2.16. The number of nitriles is 1. The Morgan fingerprint density at radius 1 is 1.04 bits per heavy atom. The number of ether oxygens (including phenoxy) is 1. The van der Waals surface area contributed by atoms with Crippen LogP contribution in [-0.2, 0) is 4.79 Å². The van der Waals surface area contributed by atoms with Crippen LogP contribution in [0.1, 0.15) is 70.6 Å². The molecule has 0 atom stereocenters. The van der Waals surface area contributed by atoms with Crippen molar-refractivity contribution in [3.05, 3.63) is 36.0 Å². The molecule has 1 aromatic carbocycles. The summed E-state index contributed by atoms with van der Waals surface area (Å²) in [4.78, 5) is 12.6. The Morgan fingerprint density at radius 3 is 2.18 bits per heavy atom. The van der Waals surface area contributed by atoms with Gasteiger partial charge < -0.3 is 15.4 Å². The SMILES string of the molecule is COc1ccccc1N/C=C(/C#N)C(=O)NC1CCCCCCCCCCC1. The van der Waals surface area contributed by atoms with Crippen LogP contribution in [0.15, 0.2) is 36.0 Å². The van der Waals surface area contributed by atoms with E-state index < -0.39 is 0 Å². The number of rotatable bonds is 5. The minimum Gasteiger partial charge on any atom is -0.495 e. The molecule has 0 saturated heterocycles. The topological polar surface area (TPSA) is 74.1 Å². The van der Waals surface area contributed by atoms with Crippen molar-refractivity contribution in [3.63, 3.8) is 0 Å². The van der Waals surface area contributed by atoms with E-state index in [4.69, 9.17) is 4.74 Å². The minimum atomic E-state index is -0.304. The van der Waals surface area contributed by atoms with Crippen molar-refractivity contribution >= 4 is 11.6 Å². The Kier molecular flexibility index (Phi) is 9.99. The number of methoxy groups -OCH3 is 1. The number of amides is 1. The Morgan fingerprint density at radius 2 is 1.61 bits per heavy atom. The predicted molar refractivity (Wildman–Crippen MR) is 113 cm³/mol. The van der Waals surface area contributed by atoms with Crippen LogP contribution in [-0.4, -0.2) is 19.1 Å². The van der Waals surface area contributed by atoms with Crippen LogP contribution >= 0.6 is 0 Å². The van der Waals surface area contributed by atoms with Crippen LogP contribution in [0.25, 0.3) is 0 Å². The lowest BCUT2D eigenvalue weighted by molar-refractivity contribution is -0.117. The second-order valence-electron chi connectivity index (χ2n) is 7.44. The van der Waals surface area contributed by atoms with Gasteiger partial charge in [0, 0.05) is 12.2 Å². The van der Waals surface area contributed by atoms with Gasteiger partial charge in [-0.3, -0.25) is 4.79 Å². The molecule has 1 aliphatic rings. The number of para-hydroxylation sites is 2. The molecule has 0 bridgehead atoms. The summed E-state index contributed by atoms with van der Waals surface area (Å²) >= 11 is 0. The van der Waals surface area contributed by atoms with Gasteiger partial charge in [0.25, 0.3) is 5.91 Å². The summed E-state index contributed by atoms with van der Waals surface area (Å²) in [7, 11) is 1.59. The molecule has 1 amide bonds. The molecule has 2 N–H and O–H groups in total. The molecule has 2 rings (SSSR count). The maximum absolute atomic E-state index is 12.6. The van der Waals surface area contributed by atoms with Gasteiger partial charge in [-0.2, -0.15) is 5.26 Å². The van der Waals surface area contributed by atoms with Gasteiger partial charge in [-0.25, -0.2) is 0 Å². The van der Waals surface area contributed by atoms with E-state index in [1.165, 1.54) is 51.1 Å². The summed E-state index contributed by atoms with van der Waals surface area (Å²) in [6.07, 6.45) is 14.7. The van der Waals surface area contributed by atoms with Gasteiger partial charge in [-0.15, -0.1) is 0 Å². The number of carbonyl (C=O) groups is 1. The molecule has 28 heavy (non-hydrogen) atoms. The lowest BCUT2D eigenvalue weighted by atomic mass is 9.98. The van der Waals surface area contributed by atoms with Gasteiger partial charge in [0.15, 0.2) is 0 Å². The fourth-order valence-electron chi connectivity index (χ4n) is 3.63. The molecule has 0 aliphatic heterocycles. The average Bonchev–Trinajstić information content (AvgIpc) is 2.70. The number of nitrogens with zero attached hydrogens (tertiary/aromatic N) is 1. The van der Waals surface area contributed by atoms with E-state index >= 15 is 0 Å². The Bertz CT molecular complexity index is 667. The van der Waals surface area contributed by atoms with Crippen molar-refractivity contribution in [2.45, 2.75) is 76.7 Å². The fraction of sp³-hybridized carbons (Fsp3) is 0.565. The first kappa shape index (κ1) is 21.8. The quantitative estimate of drug-likeness (QED) is 0.534. The Labute approximate surface area is 169 Å². The van der Waals surface area contributed by atoms with Gasteiger partial charge in [0.2, 0.25) is 0 Å². The molecule has 1 aromatic rings. The second-order valence-corrected chi connectivity index (χ2v) is 7.44. The zero-order valence-corrected chi connectivity index (χ0v) is 17.0. The van der Waals surface area contributed by atoms with Crippen molar-refractivity contribution < 1.29 is 9.53 Å². The van der Waals surface area contributed by atoms with E-state index in [0.717, 1.165) is 31.4 Å². The van der Waals surface area contributed by atoms with E-state index in [1.807, 2.05) is 30.3 Å². The normalized spacial score (nSPS) is 17.5. The molecule has 5 heteroatoms. The number of hydrogen-bond acceptors (Lipinski definition) is 4. The Balaban J connectivity index is 1.95. The third-order valence-corrected chi connectivity index (χ3v) is 5.28. The maximum Gasteiger partial charge on any atom is 0.263 e. The van der Waals surface area contributed by atoms with Crippen LogP contribution in [0, 0.1) is 11.3 Å². The molecule has 1 saturated carbocycles. The third kappa shape index (κ3) is 7.64. The highest BCUT2D eigenvalue weighted by Crippen LogP contribution is 2.23. The molecular weight excluding hydrogens is 350 g/mol. The summed E-state index contributed by atoms with van der Waals surface area (Å²) < 4.78 is 5.28. The second kappa shape index (κ2) is 12.8. The van der Waals surface area contributed by atoms with Crippen molar-refractivity contribution in [1.82, 2.24) is 5.32 Å². The van der Waals surface area contributed by atoms with Crippen molar-refractivity contribution in [1.29, 1.82) is 5.26 Å². The fourth-order valence-corrected chi connectivity index (χ4v) is 3.63. The highest BCUT2D eigenvalue weighted by atomic mass is 16.5. The van der Waals surface area contributed by atoms with Gasteiger partial charge in [-0.05, 0) is 25.0 Å². The lowest BCUT2D eigenvalue weighted by Crippen LogP contribution is -2.35. The maximum atomic E-state index is 12.6.